The van der Waals surface area contributed by atoms with Crippen LogP contribution in [-0.4, -0.2) is 0 Å². The first-order valence-electron chi connectivity index (χ1n) is 16.9. The minimum absolute atomic E-state index is 0.0742. The van der Waals surface area contributed by atoms with Crippen molar-refractivity contribution in [2.75, 3.05) is 0 Å². The Morgan fingerprint density at radius 1 is 0.375 bits per heavy atom. The summed E-state index contributed by atoms with van der Waals surface area (Å²) in [5, 5.41) is 4.39. The number of furan rings is 2. The number of hydrogen-bond donors (Lipinski definition) is 0. The van der Waals surface area contributed by atoms with Gasteiger partial charge in [0.2, 0.25) is 0 Å². The summed E-state index contributed by atoms with van der Waals surface area (Å²) in [6.07, 6.45) is 0. The van der Waals surface area contributed by atoms with Crippen molar-refractivity contribution in [3.8, 4) is 44.9 Å². The lowest BCUT2D eigenvalue weighted by Crippen LogP contribution is -2.10. The van der Waals surface area contributed by atoms with Gasteiger partial charge in [0, 0.05) is 38.4 Å². The molecule has 2 heterocycles. The van der Waals surface area contributed by atoms with Crippen LogP contribution in [0.2, 0.25) is 0 Å². The van der Waals surface area contributed by atoms with E-state index in [-0.39, 0.29) is 10.8 Å². The zero-order valence-corrected chi connectivity index (χ0v) is 28.5. The molecule has 8 aromatic rings. The Morgan fingerprint density at radius 2 is 0.833 bits per heavy atom. The summed E-state index contributed by atoms with van der Waals surface area (Å²) < 4.78 is 13.7. The molecule has 2 aromatic heterocycles. The van der Waals surface area contributed by atoms with E-state index in [9.17, 15) is 0 Å². The summed E-state index contributed by atoms with van der Waals surface area (Å²) in [7, 11) is 0. The minimum atomic E-state index is 0.0742. The van der Waals surface area contributed by atoms with E-state index in [1.165, 1.54) is 11.1 Å². The Balaban J connectivity index is 1.40. The number of hydrogen-bond acceptors (Lipinski definition) is 2. The van der Waals surface area contributed by atoms with Crippen molar-refractivity contribution >= 4 is 32.7 Å². The molecular formula is C46H40O2. The van der Waals surface area contributed by atoms with Crippen molar-refractivity contribution in [3.63, 3.8) is 0 Å². The topological polar surface area (TPSA) is 26.3 Å². The normalized spacial score (nSPS) is 12.4. The van der Waals surface area contributed by atoms with E-state index in [0.717, 1.165) is 77.6 Å². The molecular weight excluding hydrogens is 585 g/mol. The molecule has 8 rings (SSSR count). The van der Waals surface area contributed by atoms with Gasteiger partial charge >= 0.3 is 0 Å². The molecule has 0 fully saturated rings. The molecule has 48 heavy (non-hydrogen) atoms. The molecule has 236 valence electrons. The van der Waals surface area contributed by atoms with Gasteiger partial charge in [0.25, 0.3) is 0 Å². The van der Waals surface area contributed by atoms with Crippen molar-refractivity contribution in [1.82, 2.24) is 0 Å². The van der Waals surface area contributed by atoms with Gasteiger partial charge in [-0.25, -0.2) is 0 Å². The summed E-state index contributed by atoms with van der Waals surface area (Å²) in [6.45, 7) is 13.5. The van der Waals surface area contributed by atoms with Crippen molar-refractivity contribution in [2.45, 2.75) is 52.4 Å². The average molecular weight is 625 g/mol. The molecule has 0 radical (unpaired) electrons. The molecule has 0 unspecified atom stereocenters. The summed E-state index contributed by atoms with van der Waals surface area (Å²) in [5.41, 5.74) is 11.1. The molecule has 2 heteroatoms. The minimum Gasteiger partial charge on any atom is -0.455 e. The maximum atomic E-state index is 6.98. The molecule has 0 N–H and O–H groups in total. The highest BCUT2D eigenvalue weighted by Crippen LogP contribution is 2.48. The maximum Gasteiger partial charge on any atom is 0.143 e. The first-order valence-corrected chi connectivity index (χ1v) is 16.9. The zero-order chi connectivity index (χ0) is 33.2. The number of rotatable bonds is 4. The van der Waals surface area contributed by atoms with Crippen LogP contribution in [0.25, 0.3) is 77.6 Å². The highest BCUT2D eigenvalue weighted by molar-refractivity contribution is 6.22. The quantitative estimate of drug-likeness (QED) is 0.195. The molecule has 6 aromatic carbocycles. The predicted octanol–water partition coefficient (Wildman–Crippen LogP) is 13.6. The van der Waals surface area contributed by atoms with Gasteiger partial charge in [-0.15, -0.1) is 0 Å². The van der Waals surface area contributed by atoms with Crippen molar-refractivity contribution in [1.29, 1.82) is 0 Å². The van der Waals surface area contributed by atoms with Crippen LogP contribution < -0.4 is 0 Å². The van der Waals surface area contributed by atoms with Gasteiger partial charge in [-0.2, -0.15) is 0 Å². The van der Waals surface area contributed by atoms with E-state index in [4.69, 9.17) is 8.83 Å². The van der Waals surface area contributed by atoms with Gasteiger partial charge in [-0.3, -0.25) is 0 Å². The van der Waals surface area contributed by atoms with Crippen LogP contribution in [0.1, 0.15) is 52.7 Å². The predicted molar refractivity (Wildman–Crippen MR) is 203 cm³/mol. The molecule has 0 bridgehead atoms. The van der Waals surface area contributed by atoms with Crippen LogP contribution in [0.5, 0.6) is 0 Å². The van der Waals surface area contributed by atoms with Crippen LogP contribution in [0.15, 0.2) is 142 Å². The molecule has 0 atom stereocenters. The SMILES string of the molecule is CC(C)(C)c1ccc(-c2oc3c(ccc4c3ccc3oc(-c5ccc(C(C)(C)C)cc5)c(-c5ccccc5)c34)c2-c2ccccc2)cc1. The number of fused-ring (bicyclic) bond motifs is 5. The van der Waals surface area contributed by atoms with Gasteiger partial charge in [0.15, 0.2) is 0 Å². The first kappa shape index (κ1) is 30.0. The lowest BCUT2D eigenvalue weighted by atomic mass is 9.86. The van der Waals surface area contributed by atoms with Crippen molar-refractivity contribution in [3.05, 3.63) is 145 Å². The van der Waals surface area contributed by atoms with Gasteiger partial charge in [-0.05, 0) is 56.7 Å². The summed E-state index contributed by atoms with van der Waals surface area (Å²) in [6, 6.07) is 47.7. The molecule has 0 aliphatic carbocycles. The smallest absolute Gasteiger partial charge is 0.143 e. The lowest BCUT2D eigenvalue weighted by molar-refractivity contribution is 0.589. The van der Waals surface area contributed by atoms with Crippen LogP contribution in [0.4, 0.5) is 0 Å². The second-order valence-electron chi connectivity index (χ2n) is 15.0. The monoisotopic (exact) mass is 624 g/mol. The van der Waals surface area contributed by atoms with Gasteiger partial charge in [0.1, 0.15) is 22.7 Å². The lowest BCUT2D eigenvalue weighted by Gasteiger charge is -2.19. The molecule has 0 saturated heterocycles. The van der Waals surface area contributed by atoms with Crippen LogP contribution in [0.3, 0.4) is 0 Å². The second-order valence-corrected chi connectivity index (χ2v) is 15.0. The van der Waals surface area contributed by atoms with Crippen molar-refractivity contribution in [2.24, 2.45) is 0 Å². The zero-order valence-electron chi connectivity index (χ0n) is 28.5. The van der Waals surface area contributed by atoms with E-state index in [2.05, 4.69) is 175 Å². The second kappa shape index (κ2) is 11.1. The molecule has 0 aliphatic rings. The van der Waals surface area contributed by atoms with Crippen LogP contribution >= 0.6 is 0 Å². The summed E-state index contributed by atoms with van der Waals surface area (Å²) in [5.74, 6) is 1.77. The Kier molecular flexibility index (Phi) is 6.96. The van der Waals surface area contributed by atoms with Crippen LogP contribution in [0, 0.1) is 0 Å². The maximum absolute atomic E-state index is 6.98. The Labute approximate surface area is 282 Å². The van der Waals surface area contributed by atoms with Gasteiger partial charge in [-0.1, -0.05) is 157 Å². The molecule has 0 amide bonds. The highest BCUT2D eigenvalue weighted by atomic mass is 16.3. The van der Waals surface area contributed by atoms with E-state index in [1.54, 1.807) is 0 Å². The third-order valence-electron chi connectivity index (χ3n) is 9.65. The average Bonchev–Trinajstić information content (AvgIpc) is 3.68. The first-order chi connectivity index (χ1) is 23.1. The van der Waals surface area contributed by atoms with E-state index >= 15 is 0 Å². The number of benzene rings is 6. The van der Waals surface area contributed by atoms with E-state index in [1.807, 2.05) is 0 Å². The fourth-order valence-corrected chi connectivity index (χ4v) is 6.98. The third kappa shape index (κ3) is 5.04. The molecule has 0 saturated carbocycles. The van der Waals surface area contributed by atoms with E-state index in [0.29, 0.717) is 0 Å². The van der Waals surface area contributed by atoms with Crippen LogP contribution in [-0.2, 0) is 10.8 Å². The van der Waals surface area contributed by atoms with Gasteiger partial charge in [0.05, 0.1) is 0 Å². The standard InChI is InChI=1S/C46H40O2/c1-45(2,3)33-21-17-31(18-22-33)42-39(29-13-9-7-10-14-29)37-26-25-35-36(44(37)48-42)27-28-38-41(35)40(30-15-11-8-12-16-30)43(47-38)32-19-23-34(24-20-32)46(4,5)6/h7-28H,1-6H3. The largest absolute Gasteiger partial charge is 0.455 e. The Bertz CT molecular complexity index is 2410. The molecule has 0 spiro atoms. The Morgan fingerprint density at radius 3 is 1.35 bits per heavy atom. The molecule has 2 nitrogen and oxygen atoms in total. The van der Waals surface area contributed by atoms with E-state index < -0.39 is 0 Å². The van der Waals surface area contributed by atoms with Crippen molar-refractivity contribution < 1.29 is 8.83 Å². The van der Waals surface area contributed by atoms with Gasteiger partial charge < -0.3 is 8.83 Å². The summed E-state index contributed by atoms with van der Waals surface area (Å²) >= 11 is 0. The highest BCUT2D eigenvalue weighted by Gasteiger charge is 2.25. The Hall–Kier alpha value is -5.34. The fraction of sp³-hybridized carbons (Fsp3) is 0.174. The molecule has 0 aliphatic heterocycles. The third-order valence-corrected chi connectivity index (χ3v) is 9.65. The summed E-state index contributed by atoms with van der Waals surface area (Å²) in [4.78, 5) is 0. The fourth-order valence-electron chi connectivity index (χ4n) is 6.98.